The molecule has 0 aliphatic heterocycles. The molecule has 0 aliphatic rings. The van der Waals surface area contributed by atoms with Crippen LogP contribution < -0.4 is 5.43 Å². The fourth-order valence-corrected chi connectivity index (χ4v) is 1.19. The number of nitrogens with zero attached hydrogens (tertiary/aromatic N) is 1. The van der Waals surface area contributed by atoms with Crippen LogP contribution in [0.25, 0.3) is 0 Å². The van der Waals surface area contributed by atoms with E-state index < -0.39 is 5.91 Å². The molecule has 0 saturated heterocycles. The number of hydrogen-bond donors (Lipinski definition) is 1. The van der Waals surface area contributed by atoms with E-state index in [-0.39, 0.29) is 5.82 Å². The van der Waals surface area contributed by atoms with Crippen LogP contribution in [-0.4, -0.2) is 12.1 Å². The predicted octanol–water partition coefficient (Wildman–Crippen LogP) is 2.18. The van der Waals surface area contributed by atoms with Gasteiger partial charge in [0.15, 0.2) is 0 Å². The number of furan rings is 1. The van der Waals surface area contributed by atoms with Crippen molar-refractivity contribution in [1.29, 1.82) is 0 Å². The highest BCUT2D eigenvalue weighted by Gasteiger charge is 2.03. The van der Waals surface area contributed by atoms with Gasteiger partial charge in [0.2, 0.25) is 0 Å². The molecule has 1 aromatic carbocycles. The van der Waals surface area contributed by atoms with Crippen LogP contribution in [-0.2, 0) is 0 Å². The van der Waals surface area contributed by atoms with Crippen molar-refractivity contribution in [3.05, 3.63) is 59.8 Å². The largest absolute Gasteiger partial charge is 0.463 e. The molecular formula is C12H9FN2O2. The minimum atomic E-state index is -0.409. The molecule has 0 aliphatic carbocycles. The van der Waals surface area contributed by atoms with Crippen molar-refractivity contribution in [2.24, 2.45) is 5.10 Å². The molecule has 5 heteroatoms. The van der Waals surface area contributed by atoms with Crippen molar-refractivity contribution in [3.63, 3.8) is 0 Å². The highest BCUT2D eigenvalue weighted by molar-refractivity contribution is 5.94. The Bertz CT molecular complexity index is 518. The SMILES string of the molecule is O=C(N/N=C/c1ccco1)c1ccc(F)cc1. The maximum atomic E-state index is 12.6. The zero-order chi connectivity index (χ0) is 12.1. The fourth-order valence-electron chi connectivity index (χ4n) is 1.19. The van der Waals surface area contributed by atoms with E-state index in [1.54, 1.807) is 12.1 Å². The summed E-state index contributed by atoms with van der Waals surface area (Å²) in [5.41, 5.74) is 2.64. The molecule has 86 valence electrons. The Hall–Kier alpha value is -2.43. The summed E-state index contributed by atoms with van der Waals surface area (Å²) in [5.74, 6) is -0.266. The van der Waals surface area contributed by atoms with Gasteiger partial charge in [-0.1, -0.05) is 0 Å². The molecule has 2 rings (SSSR count). The number of carbonyl (C=O) groups excluding carboxylic acids is 1. The van der Waals surface area contributed by atoms with Gasteiger partial charge in [-0.3, -0.25) is 4.79 Å². The van der Waals surface area contributed by atoms with Crippen molar-refractivity contribution < 1.29 is 13.6 Å². The summed E-state index contributed by atoms with van der Waals surface area (Å²) in [6.45, 7) is 0. The Morgan fingerprint density at radius 2 is 2.06 bits per heavy atom. The molecule has 1 N–H and O–H groups in total. The van der Waals surface area contributed by atoms with Gasteiger partial charge in [0.1, 0.15) is 11.6 Å². The lowest BCUT2D eigenvalue weighted by atomic mass is 10.2. The third kappa shape index (κ3) is 3.01. The molecule has 0 fully saturated rings. The summed E-state index contributed by atoms with van der Waals surface area (Å²) >= 11 is 0. The Kier molecular flexibility index (Phi) is 3.30. The van der Waals surface area contributed by atoms with Gasteiger partial charge >= 0.3 is 0 Å². The standard InChI is InChI=1S/C12H9FN2O2/c13-10-5-3-9(4-6-10)12(16)15-14-8-11-2-1-7-17-11/h1-8H,(H,15,16)/b14-8+. The Labute approximate surface area is 96.8 Å². The van der Waals surface area contributed by atoms with Crippen molar-refractivity contribution in [2.75, 3.05) is 0 Å². The van der Waals surface area contributed by atoms with Gasteiger partial charge in [0.05, 0.1) is 12.5 Å². The third-order valence-electron chi connectivity index (χ3n) is 2.01. The lowest BCUT2D eigenvalue weighted by molar-refractivity contribution is 0.0955. The average Bonchev–Trinajstić information content (AvgIpc) is 2.83. The summed E-state index contributed by atoms with van der Waals surface area (Å²) in [5, 5.41) is 3.70. The number of hydrogen-bond acceptors (Lipinski definition) is 3. The van der Waals surface area contributed by atoms with E-state index in [0.717, 1.165) is 0 Å². The Balaban J connectivity index is 1.96. The summed E-state index contributed by atoms with van der Waals surface area (Å²) < 4.78 is 17.6. The number of hydrazone groups is 1. The van der Waals surface area contributed by atoms with E-state index in [1.165, 1.54) is 36.7 Å². The minimum Gasteiger partial charge on any atom is -0.463 e. The van der Waals surface area contributed by atoms with E-state index in [4.69, 9.17) is 4.42 Å². The van der Waals surface area contributed by atoms with Crippen LogP contribution in [0.1, 0.15) is 16.1 Å². The van der Waals surface area contributed by atoms with Gasteiger partial charge in [0, 0.05) is 5.56 Å². The third-order valence-corrected chi connectivity index (χ3v) is 2.01. The second kappa shape index (κ2) is 5.07. The number of benzene rings is 1. The van der Waals surface area contributed by atoms with E-state index in [2.05, 4.69) is 10.5 Å². The zero-order valence-electron chi connectivity index (χ0n) is 8.76. The van der Waals surface area contributed by atoms with Crippen molar-refractivity contribution in [3.8, 4) is 0 Å². The summed E-state index contributed by atoms with van der Waals surface area (Å²) in [6, 6.07) is 8.60. The molecule has 0 saturated carbocycles. The minimum absolute atomic E-state index is 0.336. The average molecular weight is 232 g/mol. The van der Waals surface area contributed by atoms with Crippen LogP contribution in [0.5, 0.6) is 0 Å². The number of nitrogens with one attached hydrogen (secondary N) is 1. The lowest BCUT2D eigenvalue weighted by Gasteiger charge is -1.98. The first-order valence-electron chi connectivity index (χ1n) is 4.88. The maximum Gasteiger partial charge on any atom is 0.271 e. The smallest absolute Gasteiger partial charge is 0.271 e. The first-order valence-corrected chi connectivity index (χ1v) is 4.88. The van der Waals surface area contributed by atoms with Crippen LogP contribution in [0.4, 0.5) is 4.39 Å². The summed E-state index contributed by atoms with van der Waals surface area (Å²) in [6.07, 6.45) is 2.88. The molecule has 1 heterocycles. The molecule has 0 bridgehead atoms. The second-order valence-electron chi connectivity index (χ2n) is 3.22. The normalized spacial score (nSPS) is 10.6. The number of amides is 1. The van der Waals surface area contributed by atoms with Crippen molar-refractivity contribution in [2.45, 2.75) is 0 Å². The lowest BCUT2D eigenvalue weighted by Crippen LogP contribution is -2.17. The Morgan fingerprint density at radius 3 is 2.71 bits per heavy atom. The molecule has 0 unspecified atom stereocenters. The summed E-state index contributed by atoms with van der Waals surface area (Å²) in [4.78, 5) is 11.5. The van der Waals surface area contributed by atoms with Crippen LogP contribution >= 0.6 is 0 Å². The molecular weight excluding hydrogens is 223 g/mol. The highest BCUT2D eigenvalue weighted by atomic mass is 19.1. The van der Waals surface area contributed by atoms with Crippen molar-refractivity contribution >= 4 is 12.1 Å². The number of rotatable bonds is 3. The van der Waals surface area contributed by atoms with E-state index in [9.17, 15) is 9.18 Å². The molecule has 0 atom stereocenters. The van der Waals surface area contributed by atoms with Gasteiger partial charge in [0.25, 0.3) is 5.91 Å². The fraction of sp³-hybridized carbons (Fsp3) is 0. The van der Waals surface area contributed by atoms with Crippen LogP contribution in [0.2, 0.25) is 0 Å². The van der Waals surface area contributed by atoms with E-state index >= 15 is 0 Å². The Morgan fingerprint density at radius 1 is 1.29 bits per heavy atom. The predicted molar refractivity (Wildman–Crippen MR) is 60.2 cm³/mol. The van der Waals surface area contributed by atoms with Gasteiger partial charge in [-0.05, 0) is 36.4 Å². The van der Waals surface area contributed by atoms with E-state index in [1.807, 2.05) is 0 Å². The molecule has 1 aromatic heterocycles. The molecule has 0 radical (unpaired) electrons. The van der Waals surface area contributed by atoms with Crippen molar-refractivity contribution in [1.82, 2.24) is 5.43 Å². The number of halogens is 1. The zero-order valence-corrected chi connectivity index (χ0v) is 8.76. The second-order valence-corrected chi connectivity index (χ2v) is 3.22. The van der Waals surface area contributed by atoms with E-state index in [0.29, 0.717) is 11.3 Å². The molecule has 0 spiro atoms. The van der Waals surface area contributed by atoms with Gasteiger partial charge in [-0.15, -0.1) is 0 Å². The molecule has 4 nitrogen and oxygen atoms in total. The first kappa shape index (κ1) is 11.1. The van der Waals surface area contributed by atoms with Gasteiger partial charge < -0.3 is 4.42 Å². The topological polar surface area (TPSA) is 54.6 Å². The molecule has 17 heavy (non-hydrogen) atoms. The molecule has 2 aromatic rings. The first-order chi connectivity index (χ1) is 8.25. The number of carbonyl (C=O) groups is 1. The van der Waals surface area contributed by atoms with Crippen LogP contribution in [0.15, 0.2) is 52.2 Å². The maximum absolute atomic E-state index is 12.6. The van der Waals surface area contributed by atoms with Crippen LogP contribution in [0.3, 0.4) is 0 Å². The monoisotopic (exact) mass is 232 g/mol. The quantitative estimate of drug-likeness (QED) is 0.651. The van der Waals surface area contributed by atoms with Gasteiger partial charge in [-0.25, -0.2) is 9.82 Å². The highest BCUT2D eigenvalue weighted by Crippen LogP contribution is 2.02. The summed E-state index contributed by atoms with van der Waals surface area (Å²) in [7, 11) is 0. The molecule has 1 amide bonds. The van der Waals surface area contributed by atoms with Crippen LogP contribution in [0, 0.1) is 5.82 Å². The van der Waals surface area contributed by atoms with Gasteiger partial charge in [-0.2, -0.15) is 5.10 Å².